The van der Waals surface area contributed by atoms with Gasteiger partial charge in [-0.3, -0.25) is 4.79 Å². The van der Waals surface area contributed by atoms with Crippen LogP contribution in [0, 0.1) is 0 Å². The fourth-order valence-electron chi connectivity index (χ4n) is 3.48. The number of rotatable bonds is 6. The van der Waals surface area contributed by atoms with E-state index in [9.17, 15) is 4.79 Å². The summed E-state index contributed by atoms with van der Waals surface area (Å²) in [4.78, 5) is 19.2. The van der Waals surface area contributed by atoms with Crippen LogP contribution in [-0.4, -0.2) is 41.2 Å². The molecule has 7 heteroatoms. The molecule has 1 aliphatic heterocycles. The molecule has 2 heterocycles. The summed E-state index contributed by atoms with van der Waals surface area (Å²) in [6.07, 6.45) is 2.74. The van der Waals surface area contributed by atoms with E-state index in [-0.39, 0.29) is 18.6 Å². The van der Waals surface area contributed by atoms with Gasteiger partial charge in [-0.15, -0.1) is 0 Å². The largest absolute Gasteiger partial charge is 0.497 e. The van der Waals surface area contributed by atoms with Crippen LogP contribution in [-0.2, 0) is 4.79 Å². The van der Waals surface area contributed by atoms with Crippen LogP contribution in [0.3, 0.4) is 0 Å². The summed E-state index contributed by atoms with van der Waals surface area (Å²) in [5.74, 6) is 2.25. The van der Waals surface area contributed by atoms with Crippen molar-refractivity contribution in [2.75, 3.05) is 20.3 Å². The van der Waals surface area contributed by atoms with Crippen molar-refractivity contribution in [2.45, 2.75) is 25.3 Å². The van der Waals surface area contributed by atoms with Crippen LogP contribution in [0.1, 0.15) is 31.2 Å². The normalized spacial score (nSPS) is 16.4. The summed E-state index contributed by atoms with van der Waals surface area (Å²) in [6, 6.07) is 16.6. The Morgan fingerprint density at radius 3 is 2.79 bits per heavy atom. The van der Waals surface area contributed by atoms with Crippen molar-refractivity contribution < 1.29 is 18.8 Å². The molecule has 1 saturated heterocycles. The molecule has 3 aromatic rings. The summed E-state index contributed by atoms with van der Waals surface area (Å²) < 4.78 is 16.4. The number of methoxy groups -OCH3 is 1. The van der Waals surface area contributed by atoms with Gasteiger partial charge in [0.2, 0.25) is 11.7 Å². The lowest BCUT2D eigenvalue weighted by Gasteiger charge is -2.33. The van der Waals surface area contributed by atoms with Crippen LogP contribution in [0.15, 0.2) is 59.1 Å². The van der Waals surface area contributed by atoms with E-state index < -0.39 is 0 Å². The number of piperidine rings is 1. The van der Waals surface area contributed by atoms with E-state index in [0.29, 0.717) is 24.0 Å². The highest BCUT2D eigenvalue weighted by Crippen LogP contribution is 2.31. The average Bonchev–Trinajstić information content (AvgIpc) is 3.28. The van der Waals surface area contributed by atoms with E-state index in [2.05, 4.69) is 10.1 Å². The second-order valence-corrected chi connectivity index (χ2v) is 6.89. The number of para-hydroxylation sites is 1. The molecule has 1 unspecified atom stereocenters. The fourth-order valence-corrected chi connectivity index (χ4v) is 3.48. The standard InChI is InChI=1S/C22H23N3O4/c1-27-18-11-7-8-16(14-18)21-23-22(29-24-21)19-12-5-6-13-25(19)20(26)15-28-17-9-3-2-4-10-17/h2-4,7-11,14,19H,5-6,12-13,15H2,1H3. The van der Waals surface area contributed by atoms with Crippen LogP contribution >= 0.6 is 0 Å². The van der Waals surface area contributed by atoms with Crippen molar-refractivity contribution in [2.24, 2.45) is 0 Å². The van der Waals surface area contributed by atoms with Crippen molar-refractivity contribution in [3.63, 3.8) is 0 Å². The van der Waals surface area contributed by atoms with Gasteiger partial charge in [0.15, 0.2) is 6.61 Å². The Bertz CT molecular complexity index is 957. The minimum Gasteiger partial charge on any atom is -0.497 e. The smallest absolute Gasteiger partial charge is 0.261 e. The molecule has 7 nitrogen and oxygen atoms in total. The van der Waals surface area contributed by atoms with Crippen LogP contribution < -0.4 is 9.47 Å². The molecule has 0 bridgehead atoms. The van der Waals surface area contributed by atoms with Crippen molar-refractivity contribution in [1.82, 2.24) is 15.0 Å². The summed E-state index contributed by atoms with van der Waals surface area (Å²) in [5.41, 5.74) is 0.806. The summed E-state index contributed by atoms with van der Waals surface area (Å²) >= 11 is 0. The SMILES string of the molecule is COc1cccc(-c2noc(C3CCCCN3C(=O)COc3ccccc3)n2)c1. The molecule has 1 amide bonds. The van der Waals surface area contributed by atoms with Gasteiger partial charge in [0.05, 0.1) is 7.11 Å². The fraction of sp³-hybridized carbons (Fsp3) is 0.318. The maximum absolute atomic E-state index is 12.8. The zero-order valence-corrected chi connectivity index (χ0v) is 16.3. The third-order valence-corrected chi connectivity index (χ3v) is 4.98. The monoisotopic (exact) mass is 393 g/mol. The van der Waals surface area contributed by atoms with Gasteiger partial charge in [0.25, 0.3) is 5.91 Å². The second kappa shape index (κ2) is 8.77. The number of amides is 1. The number of carbonyl (C=O) groups is 1. The number of ether oxygens (including phenoxy) is 2. The first-order valence-corrected chi connectivity index (χ1v) is 9.70. The number of carbonyl (C=O) groups excluding carboxylic acids is 1. The lowest BCUT2D eigenvalue weighted by atomic mass is 10.0. The Balaban J connectivity index is 1.48. The van der Waals surface area contributed by atoms with Crippen molar-refractivity contribution in [1.29, 1.82) is 0 Å². The van der Waals surface area contributed by atoms with Gasteiger partial charge in [0, 0.05) is 12.1 Å². The van der Waals surface area contributed by atoms with Gasteiger partial charge in [-0.2, -0.15) is 4.98 Å². The third-order valence-electron chi connectivity index (χ3n) is 4.98. The zero-order valence-electron chi connectivity index (χ0n) is 16.3. The Hall–Kier alpha value is -3.35. The maximum Gasteiger partial charge on any atom is 0.261 e. The highest BCUT2D eigenvalue weighted by Gasteiger charge is 2.32. The quantitative estimate of drug-likeness (QED) is 0.633. The topological polar surface area (TPSA) is 77.7 Å². The molecule has 4 rings (SSSR count). The van der Waals surface area contributed by atoms with E-state index in [1.807, 2.05) is 54.6 Å². The third kappa shape index (κ3) is 4.39. The van der Waals surface area contributed by atoms with Gasteiger partial charge < -0.3 is 18.9 Å². The molecule has 1 aliphatic rings. The van der Waals surface area contributed by atoms with Crippen LogP contribution in [0.5, 0.6) is 11.5 Å². The Labute approximate surface area is 169 Å². The zero-order chi connectivity index (χ0) is 20.1. The maximum atomic E-state index is 12.8. The van der Waals surface area contributed by atoms with Gasteiger partial charge in [-0.05, 0) is 43.5 Å². The minimum absolute atomic E-state index is 0.0165. The van der Waals surface area contributed by atoms with Gasteiger partial charge >= 0.3 is 0 Å². The molecule has 2 aromatic carbocycles. The number of nitrogens with zero attached hydrogens (tertiary/aromatic N) is 3. The number of hydrogen-bond acceptors (Lipinski definition) is 6. The molecule has 0 N–H and O–H groups in total. The van der Waals surface area contributed by atoms with Crippen molar-refractivity contribution in [3.05, 3.63) is 60.5 Å². The van der Waals surface area contributed by atoms with Crippen LogP contribution in [0.25, 0.3) is 11.4 Å². The van der Waals surface area contributed by atoms with E-state index >= 15 is 0 Å². The molecule has 1 atom stereocenters. The number of aromatic nitrogens is 2. The van der Waals surface area contributed by atoms with Gasteiger partial charge in [0.1, 0.15) is 17.5 Å². The predicted molar refractivity (Wildman–Crippen MR) is 107 cm³/mol. The summed E-state index contributed by atoms with van der Waals surface area (Å²) in [6.45, 7) is 0.635. The molecule has 1 fully saturated rings. The highest BCUT2D eigenvalue weighted by atomic mass is 16.5. The first-order valence-electron chi connectivity index (χ1n) is 9.70. The lowest BCUT2D eigenvalue weighted by molar-refractivity contribution is -0.138. The molecule has 0 aliphatic carbocycles. The minimum atomic E-state index is -0.234. The number of benzene rings is 2. The number of hydrogen-bond donors (Lipinski definition) is 0. The van der Waals surface area contributed by atoms with E-state index in [4.69, 9.17) is 14.0 Å². The van der Waals surface area contributed by atoms with Crippen molar-refractivity contribution in [3.8, 4) is 22.9 Å². The molecule has 0 spiro atoms. The number of likely N-dealkylation sites (tertiary alicyclic amines) is 1. The van der Waals surface area contributed by atoms with E-state index in [1.165, 1.54) is 0 Å². The first kappa shape index (κ1) is 19.0. The van der Waals surface area contributed by atoms with Gasteiger partial charge in [-0.25, -0.2) is 0 Å². The molecule has 150 valence electrons. The highest BCUT2D eigenvalue weighted by molar-refractivity contribution is 5.78. The van der Waals surface area contributed by atoms with Crippen molar-refractivity contribution >= 4 is 5.91 Å². The van der Waals surface area contributed by atoms with Crippen LogP contribution in [0.4, 0.5) is 0 Å². The Morgan fingerprint density at radius 1 is 1.14 bits per heavy atom. The average molecular weight is 393 g/mol. The molecular weight excluding hydrogens is 370 g/mol. The second-order valence-electron chi connectivity index (χ2n) is 6.89. The van der Waals surface area contributed by atoms with E-state index in [0.717, 1.165) is 30.6 Å². The lowest BCUT2D eigenvalue weighted by Crippen LogP contribution is -2.41. The molecule has 1 aromatic heterocycles. The molecule has 0 saturated carbocycles. The summed E-state index contributed by atoms with van der Waals surface area (Å²) in [7, 11) is 1.61. The van der Waals surface area contributed by atoms with E-state index in [1.54, 1.807) is 12.0 Å². The van der Waals surface area contributed by atoms with Gasteiger partial charge in [-0.1, -0.05) is 35.5 Å². The Kier molecular flexibility index (Phi) is 5.74. The van der Waals surface area contributed by atoms with Crippen LogP contribution in [0.2, 0.25) is 0 Å². The molecular formula is C22H23N3O4. The molecule has 29 heavy (non-hydrogen) atoms. The molecule has 0 radical (unpaired) electrons. The Morgan fingerprint density at radius 2 is 1.97 bits per heavy atom. The summed E-state index contributed by atoms with van der Waals surface area (Å²) in [5, 5.41) is 4.11. The first-order chi connectivity index (χ1) is 14.2. The predicted octanol–water partition coefficient (Wildman–Crippen LogP) is 3.88.